The maximum Gasteiger partial charge on any atom is 0.314 e. The van der Waals surface area contributed by atoms with E-state index in [4.69, 9.17) is 14.4 Å². The molecule has 2 rings (SSSR count). The van der Waals surface area contributed by atoms with Crippen molar-refractivity contribution in [2.45, 2.75) is 0 Å². The molecule has 0 unspecified atom stereocenters. The zero-order chi connectivity index (χ0) is 12.1. The summed E-state index contributed by atoms with van der Waals surface area (Å²) in [5.41, 5.74) is 0. The van der Waals surface area contributed by atoms with E-state index in [0.29, 0.717) is 0 Å². The molecule has 2 aromatic rings. The van der Waals surface area contributed by atoms with Gasteiger partial charge in [0.05, 0.1) is 0 Å². The van der Waals surface area contributed by atoms with Gasteiger partial charge in [0.1, 0.15) is 0 Å². The van der Waals surface area contributed by atoms with Crippen LogP contribution in [0, 0.1) is 0 Å². The lowest BCUT2D eigenvalue weighted by atomic mass is 10.6. The van der Waals surface area contributed by atoms with Gasteiger partial charge in [-0.1, -0.05) is 0 Å². The minimum Gasteiger partial charge on any atom is -0.326 e. The first-order valence-corrected chi connectivity index (χ1v) is 5.39. The lowest BCUT2D eigenvalue weighted by Crippen LogP contribution is -1.69. The lowest BCUT2D eigenvalue weighted by Gasteiger charge is -1.69. The van der Waals surface area contributed by atoms with Crippen LogP contribution in [0.2, 0.25) is 0 Å². The average molecular weight is 279 g/mol. The molecule has 0 fully saturated rings. The standard InChI is InChI=1S/2C4H4N2.ClH.H3O3P/c2*1-2-4-6-5-3-1;;1-4(2)3/h2*1-4H;1H;4H,(H2,1,2,3). The molecule has 0 atom stereocenters. The van der Waals surface area contributed by atoms with E-state index in [1.165, 1.54) is 0 Å². The van der Waals surface area contributed by atoms with Crippen molar-refractivity contribution in [3.8, 4) is 0 Å². The third kappa shape index (κ3) is 20.6. The summed E-state index contributed by atoms with van der Waals surface area (Å²) < 4.78 is 8.74. The normalized spacial score (nSPS) is 7.71. The largest absolute Gasteiger partial charge is 0.326 e. The van der Waals surface area contributed by atoms with E-state index in [-0.39, 0.29) is 12.4 Å². The summed E-state index contributed by atoms with van der Waals surface area (Å²) in [5, 5.41) is 14.1. The Morgan fingerprint density at radius 3 is 0.941 bits per heavy atom. The highest BCUT2D eigenvalue weighted by Crippen LogP contribution is 1.98. The maximum absolute atomic E-state index is 8.74. The Morgan fingerprint density at radius 2 is 0.882 bits per heavy atom. The topological polar surface area (TPSA) is 109 Å². The van der Waals surface area contributed by atoms with Crippen LogP contribution in [0.1, 0.15) is 0 Å². The SMILES string of the molecule is Cl.O=[PH](O)O.c1ccnnc1.c1ccnnc1. The van der Waals surface area contributed by atoms with Gasteiger partial charge in [-0.25, -0.2) is 0 Å². The van der Waals surface area contributed by atoms with Crippen LogP contribution in [-0.2, 0) is 4.57 Å². The van der Waals surface area contributed by atoms with Gasteiger partial charge in [-0.2, -0.15) is 20.4 Å². The molecule has 0 aromatic carbocycles. The van der Waals surface area contributed by atoms with Gasteiger partial charge in [-0.15, -0.1) is 12.4 Å². The number of halogens is 1. The third-order valence-corrected chi connectivity index (χ3v) is 0.966. The molecule has 2 N–H and O–H groups in total. The Bertz CT molecular complexity index is 279. The van der Waals surface area contributed by atoms with Gasteiger partial charge < -0.3 is 9.79 Å². The molecule has 0 amide bonds. The fourth-order valence-corrected chi connectivity index (χ4v) is 0.507. The molecule has 9 heteroatoms. The number of aromatic nitrogens is 4. The van der Waals surface area contributed by atoms with E-state index in [0.717, 1.165) is 0 Å². The van der Waals surface area contributed by atoms with Crippen molar-refractivity contribution >= 4 is 20.7 Å². The minimum absolute atomic E-state index is 0. The molecule has 2 heterocycles. The number of nitrogens with zero attached hydrogens (tertiary/aromatic N) is 4. The molecule has 17 heavy (non-hydrogen) atoms. The molecule has 0 aliphatic carbocycles. The van der Waals surface area contributed by atoms with Gasteiger partial charge in [0, 0.05) is 24.8 Å². The molecule has 0 radical (unpaired) electrons. The van der Waals surface area contributed by atoms with Crippen LogP contribution in [0.5, 0.6) is 0 Å². The molecule has 2 aromatic heterocycles. The van der Waals surface area contributed by atoms with Crippen LogP contribution in [-0.4, -0.2) is 30.2 Å². The number of rotatable bonds is 0. The summed E-state index contributed by atoms with van der Waals surface area (Å²) in [7, 11) is -3.13. The van der Waals surface area contributed by atoms with E-state index in [9.17, 15) is 0 Å². The quantitative estimate of drug-likeness (QED) is 0.684. The molecule has 0 saturated carbocycles. The van der Waals surface area contributed by atoms with Gasteiger partial charge in [0.25, 0.3) is 0 Å². The van der Waals surface area contributed by atoms with Gasteiger partial charge in [-0.05, 0) is 24.3 Å². The van der Waals surface area contributed by atoms with Crippen molar-refractivity contribution in [3.63, 3.8) is 0 Å². The lowest BCUT2D eigenvalue weighted by molar-refractivity contribution is 0.405. The van der Waals surface area contributed by atoms with Crippen molar-refractivity contribution in [2.75, 3.05) is 0 Å². The molecular formula is C8H12ClN4O3P. The van der Waals surface area contributed by atoms with E-state index < -0.39 is 8.25 Å². The van der Waals surface area contributed by atoms with Crippen LogP contribution in [0.3, 0.4) is 0 Å². The molecule has 0 aliphatic rings. The number of hydrogen-bond donors (Lipinski definition) is 2. The fraction of sp³-hybridized carbons (Fsp3) is 0. The van der Waals surface area contributed by atoms with Crippen LogP contribution in [0.25, 0.3) is 0 Å². The predicted molar refractivity (Wildman–Crippen MR) is 64.8 cm³/mol. The summed E-state index contributed by atoms with van der Waals surface area (Å²) >= 11 is 0. The van der Waals surface area contributed by atoms with Gasteiger partial charge in [-0.3, -0.25) is 4.57 Å². The summed E-state index contributed by atoms with van der Waals surface area (Å²) in [5.74, 6) is 0. The predicted octanol–water partition coefficient (Wildman–Crippen LogP) is 0.736. The molecular weight excluding hydrogens is 267 g/mol. The second kappa shape index (κ2) is 14.6. The summed E-state index contributed by atoms with van der Waals surface area (Å²) in [6, 6.07) is 7.31. The van der Waals surface area contributed by atoms with Crippen LogP contribution in [0.4, 0.5) is 0 Å². The fourth-order valence-electron chi connectivity index (χ4n) is 0.507. The van der Waals surface area contributed by atoms with E-state index in [2.05, 4.69) is 20.4 Å². The Kier molecular flexibility index (Phi) is 15.4. The molecule has 0 aliphatic heterocycles. The van der Waals surface area contributed by atoms with Crippen LogP contribution >= 0.6 is 20.7 Å². The second-order valence-electron chi connectivity index (χ2n) is 2.11. The Labute approximate surface area is 105 Å². The van der Waals surface area contributed by atoms with Gasteiger partial charge >= 0.3 is 8.25 Å². The Morgan fingerprint density at radius 1 is 0.706 bits per heavy atom. The van der Waals surface area contributed by atoms with Gasteiger partial charge in [0.15, 0.2) is 0 Å². The first-order valence-electron chi connectivity index (χ1n) is 4.08. The van der Waals surface area contributed by atoms with Crippen LogP contribution in [0.15, 0.2) is 49.1 Å². The molecule has 0 bridgehead atoms. The summed E-state index contributed by atoms with van der Waals surface area (Å²) in [6.45, 7) is 0. The van der Waals surface area contributed by atoms with Crippen molar-refractivity contribution < 1.29 is 14.4 Å². The maximum atomic E-state index is 8.74. The van der Waals surface area contributed by atoms with Crippen molar-refractivity contribution in [1.82, 2.24) is 20.4 Å². The highest BCUT2D eigenvalue weighted by molar-refractivity contribution is 7.30. The highest BCUT2D eigenvalue weighted by Gasteiger charge is 1.61. The smallest absolute Gasteiger partial charge is 0.314 e. The van der Waals surface area contributed by atoms with E-state index in [1.807, 2.05) is 24.3 Å². The second-order valence-corrected chi connectivity index (χ2v) is 2.68. The highest BCUT2D eigenvalue weighted by atomic mass is 35.5. The minimum atomic E-state index is -3.13. The van der Waals surface area contributed by atoms with E-state index >= 15 is 0 Å². The summed E-state index contributed by atoms with van der Waals surface area (Å²) in [6.07, 6.45) is 6.56. The average Bonchev–Trinajstić information content (AvgIpc) is 2.34. The summed E-state index contributed by atoms with van der Waals surface area (Å²) in [4.78, 5) is 14.3. The first-order chi connectivity index (χ1) is 7.73. The molecule has 0 spiro atoms. The Balaban J connectivity index is 0. The van der Waals surface area contributed by atoms with E-state index in [1.54, 1.807) is 24.8 Å². The van der Waals surface area contributed by atoms with Crippen molar-refractivity contribution in [3.05, 3.63) is 49.1 Å². The van der Waals surface area contributed by atoms with Crippen LogP contribution < -0.4 is 0 Å². The van der Waals surface area contributed by atoms with Gasteiger partial charge in [0.2, 0.25) is 0 Å². The van der Waals surface area contributed by atoms with Crippen molar-refractivity contribution in [1.29, 1.82) is 0 Å². The molecule has 94 valence electrons. The zero-order valence-corrected chi connectivity index (χ0v) is 10.4. The zero-order valence-electron chi connectivity index (χ0n) is 8.62. The third-order valence-electron chi connectivity index (χ3n) is 0.966. The Hall–Kier alpha value is -1.40. The monoisotopic (exact) mass is 278 g/mol. The number of hydrogen-bond acceptors (Lipinski definition) is 5. The molecule has 0 saturated heterocycles. The van der Waals surface area contributed by atoms with Crippen molar-refractivity contribution in [2.24, 2.45) is 0 Å². The molecule has 7 nitrogen and oxygen atoms in total. The first kappa shape index (κ1) is 18.0.